The Hall–Kier alpha value is -0.590. The average Bonchev–Trinajstić information content (AvgIpc) is 2.39. The van der Waals surface area contributed by atoms with Crippen LogP contribution in [0.5, 0.6) is 0 Å². The standard InChI is InChI=1S/C13H16BrN3O.BrH/c14-10-1-2-12-9(7-10)8-17(13(18)16-12)11-3-5-15-6-4-11;/h1-2,7,11,15H,3-6,8H2,(H,16,18);1H. The van der Waals surface area contributed by atoms with Crippen molar-refractivity contribution >= 4 is 44.6 Å². The number of hydrogen-bond donors (Lipinski definition) is 2. The van der Waals surface area contributed by atoms with Crippen LogP contribution in [0.4, 0.5) is 10.5 Å². The van der Waals surface area contributed by atoms with Gasteiger partial charge in [0.2, 0.25) is 0 Å². The molecular formula is C13H17Br2N3O. The van der Waals surface area contributed by atoms with Gasteiger partial charge in [-0.1, -0.05) is 15.9 Å². The summed E-state index contributed by atoms with van der Waals surface area (Å²) in [5.74, 6) is 0. The molecule has 1 aromatic rings. The zero-order valence-electron chi connectivity index (χ0n) is 10.5. The first kappa shape index (κ1) is 14.8. The third kappa shape index (κ3) is 3.12. The highest BCUT2D eigenvalue weighted by atomic mass is 79.9. The van der Waals surface area contributed by atoms with E-state index in [2.05, 4.69) is 32.6 Å². The molecule has 2 amide bonds. The number of fused-ring (bicyclic) bond motifs is 1. The smallest absolute Gasteiger partial charge is 0.317 e. The summed E-state index contributed by atoms with van der Waals surface area (Å²) >= 11 is 3.48. The third-order valence-corrected chi connectivity index (χ3v) is 4.15. The Bertz CT molecular complexity index is 475. The lowest BCUT2D eigenvalue weighted by atomic mass is 10.0. The highest BCUT2D eigenvalue weighted by Gasteiger charge is 2.29. The van der Waals surface area contributed by atoms with E-state index in [4.69, 9.17) is 0 Å². The van der Waals surface area contributed by atoms with Crippen molar-refractivity contribution in [1.82, 2.24) is 10.2 Å². The maximum Gasteiger partial charge on any atom is 0.322 e. The van der Waals surface area contributed by atoms with Crippen molar-refractivity contribution in [3.63, 3.8) is 0 Å². The van der Waals surface area contributed by atoms with Gasteiger partial charge in [0.1, 0.15) is 0 Å². The second kappa shape index (κ2) is 6.24. The van der Waals surface area contributed by atoms with Crippen LogP contribution < -0.4 is 10.6 Å². The molecule has 2 N–H and O–H groups in total. The summed E-state index contributed by atoms with van der Waals surface area (Å²) in [5.41, 5.74) is 2.12. The molecule has 19 heavy (non-hydrogen) atoms. The zero-order chi connectivity index (χ0) is 12.5. The molecule has 0 saturated carbocycles. The van der Waals surface area contributed by atoms with Crippen molar-refractivity contribution in [1.29, 1.82) is 0 Å². The minimum atomic E-state index is 0. The van der Waals surface area contributed by atoms with E-state index in [0.717, 1.165) is 36.1 Å². The Kier molecular flexibility index (Phi) is 4.86. The summed E-state index contributed by atoms with van der Waals surface area (Å²) in [6.45, 7) is 2.71. The lowest BCUT2D eigenvalue weighted by molar-refractivity contribution is 0.163. The number of anilines is 1. The van der Waals surface area contributed by atoms with E-state index in [1.54, 1.807) is 0 Å². The largest absolute Gasteiger partial charge is 0.322 e. The molecule has 1 saturated heterocycles. The second-order valence-corrected chi connectivity index (χ2v) is 5.76. The molecule has 0 radical (unpaired) electrons. The van der Waals surface area contributed by atoms with Crippen LogP contribution in [0.2, 0.25) is 0 Å². The molecule has 0 unspecified atom stereocenters. The van der Waals surface area contributed by atoms with Crippen molar-refractivity contribution in [3.05, 3.63) is 28.2 Å². The van der Waals surface area contributed by atoms with E-state index in [0.29, 0.717) is 12.6 Å². The van der Waals surface area contributed by atoms with Crippen molar-refractivity contribution in [2.24, 2.45) is 0 Å². The number of hydrogen-bond acceptors (Lipinski definition) is 2. The predicted octanol–water partition coefficient (Wildman–Crippen LogP) is 3.13. The van der Waals surface area contributed by atoms with Crippen molar-refractivity contribution in [2.75, 3.05) is 18.4 Å². The van der Waals surface area contributed by atoms with Crippen LogP contribution in [0.3, 0.4) is 0 Å². The molecule has 4 nitrogen and oxygen atoms in total. The van der Waals surface area contributed by atoms with E-state index in [-0.39, 0.29) is 23.0 Å². The summed E-state index contributed by atoms with van der Waals surface area (Å²) in [6.07, 6.45) is 2.08. The molecule has 0 aromatic heterocycles. The Morgan fingerprint density at radius 2 is 2.00 bits per heavy atom. The number of amides is 2. The number of piperidine rings is 1. The molecule has 1 fully saturated rings. The number of rotatable bonds is 1. The van der Waals surface area contributed by atoms with Crippen LogP contribution in [0.25, 0.3) is 0 Å². The summed E-state index contributed by atoms with van der Waals surface area (Å²) in [4.78, 5) is 14.1. The van der Waals surface area contributed by atoms with Gasteiger partial charge in [-0.2, -0.15) is 0 Å². The van der Waals surface area contributed by atoms with Crippen LogP contribution in [0.15, 0.2) is 22.7 Å². The van der Waals surface area contributed by atoms with Crippen molar-refractivity contribution < 1.29 is 4.79 Å². The fourth-order valence-electron chi connectivity index (χ4n) is 2.67. The lowest BCUT2D eigenvalue weighted by Crippen LogP contribution is -2.49. The number of carbonyl (C=O) groups is 1. The molecule has 2 heterocycles. The van der Waals surface area contributed by atoms with Gasteiger partial charge in [0, 0.05) is 22.7 Å². The highest BCUT2D eigenvalue weighted by Crippen LogP contribution is 2.28. The topological polar surface area (TPSA) is 44.4 Å². The molecule has 0 spiro atoms. The number of urea groups is 1. The number of carbonyl (C=O) groups excluding carboxylic acids is 1. The van der Waals surface area contributed by atoms with Crippen LogP contribution in [-0.4, -0.2) is 30.1 Å². The van der Waals surface area contributed by atoms with E-state index in [1.165, 1.54) is 5.56 Å². The maximum atomic E-state index is 12.1. The molecule has 1 aromatic carbocycles. The van der Waals surface area contributed by atoms with E-state index < -0.39 is 0 Å². The van der Waals surface area contributed by atoms with Gasteiger partial charge in [-0.05, 0) is 49.7 Å². The first-order chi connectivity index (χ1) is 8.74. The molecule has 6 heteroatoms. The fourth-order valence-corrected chi connectivity index (χ4v) is 3.08. The van der Waals surface area contributed by atoms with Gasteiger partial charge in [0.15, 0.2) is 0 Å². The van der Waals surface area contributed by atoms with Crippen molar-refractivity contribution in [2.45, 2.75) is 25.4 Å². The summed E-state index contributed by atoms with van der Waals surface area (Å²) < 4.78 is 1.06. The quantitative estimate of drug-likeness (QED) is 0.773. The molecule has 3 rings (SSSR count). The average molecular weight is 391 g/mol. The molecular weight excluding hydrogens is 374 g/mol. The second-order valence-electron chi connectivity index (χ2n) is 4.84. The number of nitrogens with one attached hydrogen (secondary N) is 2. The first-order valence-corrected chi connectivity index (χ1v) is 7.10. The highest BCUT2D eigenvalue weighted by molar-refractivity contribution is 9.10. The van der Waals surface area contributed by atoms with Crippen molar-refractivity contribution in [3.8, 4) is 0 Å². The Labute approximate surface area is 131 Å². The van der Waals surface area contributed by atoms with Gasteiger partial charge in [-0.3, -0.25) is 0 Å². The van der Waals surface area contributed by atoms with Gasteiger partial charge in [-0.25, -0.2) is 4.79 Å². The maximum absolute atomic E-state index is 12.1. The van der Waals surface area contributed by atoms with E-state index >= 15 is 0 Å². The Morgan fingerprint density at radius 3 is 2.74 bits per heavy atom. The summed E-state index contributed by atoms with van der Waals surface area (Å²) in [5, 5.41) is 6.31. The third-order valence-electron chi connectivity index (χ3n) is 3.66. The van der Waals surface area contributed by atoms with Gasteiger partial charge >= 0.3 is 6.03 Å². The number of halogens is 2. The summed E-state index contributed by atoms with van der Waals surface area (Å²) in [6, 6.07) is 6.40. The minimum absolute atomic E-state index is 0. The molecule has 104 valence electrons. The minimum Gasteiger partial charge on any atom is -0.317 e. The SMILES string of the molecule is Br.O=C1Nc2ccc(Br)cc2CN1C1CCNCC1. The van der Waals surface area contributed by atoms with Crippen LogP contribution in [0, 0.1) is 0 Å². The van der Waals surface area contributed by atoms with Gasteiger partial charge in [-0.15, -0.1) is 17.0 Å². The Morgan fingerprint density at radius 1 is 1.26 bits per heavy atom. The molecule has 0 bridgehead atoms. The molecule has 2 aliphatic heterocycles. The Balaban J connectivity index is 0.00000133. The lowest BCUT2D eigenvalue weighted by Gasteiger charge is -2.37. The number of benzene rings is 1. The number of nitrogens with zero attached hydrogens (tertiary/aromatic N) is 1. The van der Waals surface area contributed by atoms with Gasteiger partial charge in [0.25, 0.3) is 0 Å². The monoisotopic (exact) mass is 389 g/mol. The fraction of sp³-hybridized carbons (Fsp3) is 0.462. The zero-order valence-corrected chi connectivity index (χ0v) is 13.8. The van der Waals surface area contributed by atoms with Gasteiger partial charge in [0.05, 0.1) is 0 Å². The van der Waals surface area contributed by atoms with E-state index in [1.807, 2.05) is 17.0 Å². The first-order valence-electron chi connectivity index (χ1n) is 6.31. The molecule has 0 atom stereocenters. The normalized spacial score (nSPS) is 19.4. The summed E-state index contributed by atoms with van der Waals surface area (Å²) in [7, 11) is 0. The molecule has 2 aliphatic rings. The van der Waals surface area contributed by atoms with Crippen LogP contribution in [-0.2, 0) is 6.54 Å². The van der Waals surface area contributed by atoms with E-state index in [9.17, 15) is 4.79 Å². The van der Waals surface area contributed by atoms with Crippen LogP contribution in [0.1, 0.15) is 18.4 Å². The predicted molar refractivity (Wildman–Crippen MR) is 84.9 cm³/mol. The van der Waals surface area contributed by atoms with Gasteiger partial charge < -0.3 is 15.5 Å². The molecule has 0 aliphatic carbocycles. The van der Waals surface area contributed by atoms with Crippen LogP contribution >= 0.6 is 32.9 Å².